The zero-order chi connectivity index (χ0) is 14.7. The first-order valence-electron chi connectivity index (χ1n) is 5.99. The number of hydrogen-bond donors (Lipinski definition) is 0. The number of carbonyl (C=O) groups is 1. The van der Waals surface area contributed by atoms with Crippen LogP contribution in [0.1, 0.15) is 22.2 Å². The number of rotatable bonds is 4. The van der Waals surface area contributed by atoms with Crippen molar-refractivity contribution in [3.05, 3.63) is 54.1 Å². The fourth-order valence-electron chi connectivity index (χ4n) is 1.81. The standard InChI is InChI=1S/C14H12Br2ClNOS/c1-2-18(8-12-3-4-13(16)20-12)14(19)9-5-10(15)7-11(17)6-9/h3-7H,2,8H2,1H3. The number of carbonyl (C=O) groups excluding carboxylic acids is 1. The van der Waals surface area contributed by atoms with Gasteiger partial charge in [0.2, 0.25) is 0 Å². The SMILES string of the molecule is CCN(Cc1ccc(Br)s1)C(=O)c1cc(Cl)cc(Br)c1. The van der Waals surface area contributed by atoms with Gasteiger partial charge in [0.1, 0.15) is 0 Å². The van der Waals surface area contributed by atoms with E-state index in [0.717, 1.165) is 13.1 Å². The van der Waals surface area contributed by atoms with Crippen molar-refractivity contribution in [1.82, 2.24) is 4.90 Å². The molecule has 0 aliphatic carbocycles. The summed E-state index contributed by atoms with van der Waals surface area (Å²) < 4.78 is 1.88. The van der Waals surface area contributed by atoms with Crippen LogP contribution < -0.4 is 0 Å². The van der Waals surface area contributed by atoms with Crippen molar-refractivity contribution in [2.24, 2.45) is 0 Å². The van der Waals surface area contributed by atoms with Crippen molar-refractivity contribution < 1.29 is 4.79 Å². The Kier molecular flexibility index (Phi) is 5.66. The minimum Gasteiger partial charge on any atom is -0.334 e. The Hall–Kier alpha value is -0.360. The molecule has 0 aliphatic rings. The molecule has 2 aromatic rings. The average Bonchev–Trinajstić information content (AvgIpc) is 2.79. The summed E-state index contributed by atoms with van der Waals surface area (Å²) in [4.78, 5) is 15.5. The van der Waals surface area contributed by atoms with E-state index in [4.69, 9.17) is 11.6 Å². The largest absolute Gasteiger partial charge is 0.334 e. The van der Waals surface area contributed by atoms with Crippen LogP contribution in [0.25, 0.3) is 0 Å². The van der Waals surface area contributed by atoms with Crippen LogP contribution in [0.4, 0.5) is 0 Å². The van der Waals surface area contributed by atoms with E-state index < -0.39 is 0 Å². The molecule has 6 heteroatoms. The second-order valence-corrected chi connectivity index (χ2v) is 8.08. The van der Waals surface area contributed by atoms with Crippen molar-refractivity contribution in [1.29, 1.82) is 0 Å². The molecule has 1 amide bonds. The number of benzene rings is 1. The summed E-state index contributed by atoms with van der Waals surface area (Å²) in [6, 6.07) is 9.28. The molecule has 0 spiro atoms. The predicted molar refractivity (Wildman–Crippen MR) is 91.6 cm³/mol. The maximum atomic E-state index is 12.5. The third-order valence-corrected chi connectivity index (χ3v) is 5.04. The monoisotopic (exact) mass is 435 g/mol. The molecule has 0 saturated carbocycles. The predicted octanol–water partition coefficient (Wildman–Crippen LogP) is 5.59. The molecule has 0 bridgehead atoms. The van der Waals surface area contributed by atoms with E-state index >= 15 is 0 Å². The summed E-state index contributed by atoms with van der Waals surface area (Å²) in [6.07, 6.45) is 0. The highest BCUT2D eigenvalue weighted by molar-refractivity contribution is 9.11. The van der Waals surface area contributed by atoms with Gasteiger partial charge in [0.15, 0.2) is 0 Å². The molecule has 0 unspecified atom stereocenters. The third-order valence-electron chi connectivity index (χ3n) is 2.75. The van der Waals surface area contributed by atoms with Crippen LogP contribution in [-0.4, -0.2) is 17.4 Å². The smallest absolute Gasteiger partial charge is 0.254 e. The van der Waals surface area contributed by atoms with Gasteiger partial charge in [-0.1, -0.05) is 27.5 Å². The van der Waals surface area contributed by atoms with Gasteiger partial charge in [-0.05, 0) is 53.2 Å². The lowest BCUT2D eigenvalue weighted by atomic mass is 10.2. The van der Waals surface area contributed by atoms with Crippen LogP contribution in [-0.2, 0) is 6.54 Å². The normalized spacial score (nSPS) is 10.6. The highest BCUT2D eigenvalue weighted by Gasteiger charge is 2.16. The number of halogens is 3. The van der Waals surface area contributed by atoms with E-state index in [2.05, 4.69) is 31.9 Å². The molecule has 20 heavy (non-hydrogen) atoms. The van der Waals surface area contributed by atoms with Gasteiger partial charge in [-0.2, -0.15) is 0 Å². The van der Waals surface area contributed by atoms with Gasteiger partial charge in [0, 0.05) is 26.5 Å². The Balaban J connectivity index is 2.20. The molecule has 0 N–H and O–H groups in total. The Morgan fingerprint density at radius 3 is 2.60 bits per heavy atom. The quantitative estimate of drug-likeness (QED) is 0.611. The number of nitrogens with zero attached hydrogens (tertiary/aromatic N) is 1. The second-order valence-electron chi connectivity index (χ2n) is 4.18. The number of thiophene rings is 1. The van der Waals surface area contributed by atoms with Gasteiger partial charge < -0.3 is 4.90 Å². The molecule has 106 valence electrons. The first-order valence-corrected chi connectivity index (χ1v) is 8.77. The Labute approximate surface area is 144 Å². The summed E-state index contributed by atoms with van der Waals surface area (Å²) in [7, 11) is 0. The molecule has 0 radical (unpaired) electrons. The highest BCUT2D eigenvalue weighted by atomic mass is 79.9. The van der Waals surface area contributed by atoms with Crippen LogP contribution in [0.5, 0.6) is 0 Å². The Bertz CT molecular complexity index is 609. The van der Waals surface area contributed by atoms with Gasteiger partial charge in [0.25, 0.3) is 5.91 Å². The van der Waals surface area contributed by atoms with E-state index in [0.29, 0.717) is 23.7 Å². The molecule has 1 heterocycles. The lowest BCUT2D eigenvalue weighted by Gasteiger charge is -2.20. The molecule has 0 saturated heterocycles. The van der Waals surface area contributed by atoms with Crippen molar-refractivity contribution in [2.75, 3.05) is 6.54 Å². The highest BCUT2D eigenvalue weighted by Crippen LogP contribution is 2.25. The molecular formula is C14H12Br2ClNOS. The lowest BCUT2D eigenvalue weighted by molar-refractivity contribution is 0.0754. The lowest BCUT2D eigenvalue weighted by Crippen LogP contribution is -2.30. The number of hydrogen-bond acceptors (Lipinski definition) is 2. The summed E-state index contributed by atoms with van der Waals surface area (Å²) in [5, 5.41) is 0.553. The van der Waals surface area contributed by atoms with Crippen molar-refractivity contribution >= 4 is 60.7 Å². The molecule has 2 rings (SSSR count). The van der Waals surface area contributed by atoms with Crippen LogP contribution in [0.2, 0.25) is 5.02 Å². The van der Waals surface area contributed by atoms with Crippen LogP contribution in [0.3, 0.4) is 0 Å². The van der Waals surface area contributed by atoms with Gasteiger partial charge in [-0.25, -0.2) is 0 Å². The topological polar surface area (TPSA) is 20.3 Å². The fraction of sp³-hybridized carbons (Fsp3) is 0.214. The number of amides is 1. The molecular weight excluding hydrogens is 425 g/mol. The molecule has 2 nitrogen and oxygen atoms in total. The van der Waals surface area contributed by atoms with Gasteiger partial charge >= 0.3 is 0 Å². The molecule has 1 aromatic carbocycles. The second kappa shape index (κ2) is 7.07. The van der Waals surface area contributed by atoms with Gasteiger partial charge in [0.05, 0.1) is 10.3 Å². The summed E-state index contributed by atoms with van der Waals surface area (Å²) in [5.41, 5.74) is 0.599. The minimum atomic E-state index is -0.0137. The first-order chi connectivity index (χ1) is 9.49. The molecule has 1 aromatic heterocycles. The molecule has 0 aliphatic heterocycles. The average molecular weight is 438 g/mol. The van der Waals surface area contributed by atoms with Gasteiger partial charge in [-0.15, -0.1) is 11.3 Å². The van der Waals surface area contributed by atoms with Crippen LogP contribution in [0.15, 0.2) is 38.6 Å². The van der Waals surface area contributed by atoms with Crippen molar-refractivity contribution in [3.63, 3.8) is 0 Å². The Morgan fingerprint density at radius 1 is 1.30 bits per heavy atom. The van der Waals surface area contributed by atoms with E-state index in [-0.39, 0.29) is 5.91 Å². The zero-order valence-electron chi connectivity index (χ0n) is 10.7. The van der Waals surface area contributed by atoms with Crippen LogP contribution >= 0.6 is 54.8 Å². The van der Waals surface area contributed by atoms with E-state index in [9.17, 15) is 4.79 Å². The summed E-state index contributed by atoms with van der Waals surface area (Å²) in [6.45, 7) is 3.23. The first kappa shape index (κ1) is 16.0. The van der Waals surface area contributed by atoms with E-state index in [1.807, 2.05) is 19.1 Å². The zero-order valence-corrected chi connectivity index (χ0v) is 15.4. The molecule has 0 fully saturated rings. The maximum Gasteiger partial charge on any atom is 0.254 e. The molecule has 0 atom stereocenters. The summed E-state index contributed by atoms with van der Waals surface area (Å²) in [5.74, 6) is -0.0137. The van der Waals surface area contributed by atoms with Gasteiger partial charge in [-0.3, -0.25) is 4.79 Å². The van der Waals surface area contributed by atoms with E-state index in [1.54, 1.807) is 34.4 Å². The minimum absolute atomic E-state index is 0.0137. The summed E-state index contributed by atoms with van der Waals surface area (Å²) >= 11 is 14.4. The maximum absolute atomic E-state index is 12.5. The van der Waals surface area contributed by atoms with E-state index in [1.165, 1.54) is 0 Å². The fourth-order valence-corrected chi connectivity index (χ4v) is 4.17. The van der Waals surface area contributed by atoms with Crippen LogP contribution in [0, 0.1) is 0 Å². The third kappa shape index (κ3) is 4.07. The van der Waals surface area contributed by atoms with Crippen molar-refractivity contribution in [2.45, 2.75) is 13.5 Å². The van der Waals surface area contributed by atoms with Crippen molar-refractivity contribution in [3.8, 4) is 0 Å². The Morgan fingerprint density at radius 2 is 2.05 bits per heavy atom.